The predicted octanol–water partition coefficient (Wildman–Crippen LogP) is 2.12. The molecule has 4 heteroatoms. The maximum atomic E-state index is 12.3. The second kappa shape index (κ2) is 6.30. The topological polar surface area (TPSA) is 59.2 Å². The minimum atomic E-state index is -0.0879. The van der Waals surface area contributed by atoms with E-state index in [1.54, 1.807) is 24.2 Å². The average Bonchev–Trinajstić information content (AvgIpc) is 2.46. The molecule has 0 fully saturated rings. The van der Waals surface area contributed by atoms with Crippen LogP contribution in [0.15, 0.2) is 42.6 Å². The van der Waals surface area contributed by atoms with E-state index in [9.17, 15) is 4.79 Å². The summed E-state index contributed by atoms with van der Waals surface area (Å²) >= 11 is 0. The van der Waals surface area contributed by atoms with E-state index in [4.69, 9.17) is 5.73 Å². The van der Waals surface area contributed by atoms with E-state index in [2.05, 4.69) is 11.1 Å². The first-order valence-electron chi connectivity index (χ1n) is 6.56. The Bertz CT molecular complexity index is 593. The normalized spacial score (nSPS) is 10.3. The highest BCUT2D eigenvalue weighted by atomic mass is 16.2. The molecule has 0 aliphatic rings. The van der Waals surface area contributed by atoms with Crippen molar-refractivity contribution in [3.63, 3.8) is 0 Å². The predicted molar refractivity (Wildman–Crippen MR) is 79.1 cm³/mol. The Labute approximate surface area is 119 Å². The molecule has 4 nitrogen and oxygen atoms in total. The first kappa shape index (κ1) is 14.2. The van der Waals surface area contributed by atoms with Gasteiger partial charge in [-0.2, -0.15) is 0 Å². The molecule has 1 amide bonds. The van der Waals surface area contributed by atoms with Gasteiger partial charge < -0.3 is 10.6 Å². The second-order valence-electron chi connectivity index (χ2n) is 4.91. The van der Waals surface area contributed by atoms with E-state index in [0.717, 1.165) is 11.1 Å². The number of hydrogen-bond acceptors (Lipinski definition) is 3. The van der Waals surface area contributed by atoms with Crippen LogP contribution in [0.5, 0.6) is 0 Å². The number of nitrogens with two attached hydrogens (primary N) is 1. The highest BCUT2D eigenvalue weighted by molar-refractivity contribution is 5.92. The average molecular weight is 269 g/mol. The SMILES string of the molecule is Cc1cccc(CN(C)C(=O)c2ccc(CN)cn2)c1. The standard InChI is InChI=1S/C16H19N3O/c1-12-4-3-5-13(8-12)11-19(2)16(20)15-7-6-14(9-17)10-18-15/h3-8,10H,9,11,17H2,1-2H3. The molecule has 1 heterocycles. The van der Waals surface area contributed by atoms with E-state index in [1.807, 2.05) is 31.2 Å². The van der Waals surface area contributed by atoms with E-state index in [1.165, 1.54) is 5.56 Å². The van der Waals surface area contributed by atoms with E-state index in [0.29, 0.717) is 18.8 Å². The van der Waals surface area contributed by atoms with Gasteiger partial charge in [0.05, 0.1) is 0 Å². The summed E-state index contributed by atoms with van der Waals surface area (Å²) in [5.41, 5.74) is 9.18. The van der Waals surface area contributed by atoms with Crippen LogP contribution in [0.1, 0.15) is 27.2 Å². The highest BCUT2D eigenvalue weighted by Gasteiger charge is 2.13. The van der Waals surface area contributed by atoms with Gasteiger partial charge in [-0.3, -0.25) is 9.78 Å². The molecule has 0 aliphatic carbocycles. The van der Waals surface area contributed by atoms with Gasteiger partial charge in [0.25, 0.3) is 5.91 Å². The Balaban J connectivity index is 2.07. The molecule has 2 N–H and O–H groups in total. The van der Waals surface area contributed by atoms with Crippen molar-refractivity contribution in [1.29, 1.82) is 0 Å². The minimum Gasteiger partial charge on any atom is -0.336 e. The lowest BCUT2D eigenvalue weighted by Crippen LogP contribution is -2.27. The molecule has 0 unspecified atom stereocenters. The third-order valence-corrected chi connectivity index (χ3v) is 3.13. The number of pyridine rings is 1. The van der Waals surface area contributed by atoms with Crippen LogP contribution in [-0.2, 0) is 13.1 Å². The summed E-state index contributed by atoms with van der Waals surface area (Å²) in [5, 5.41) is 0. The van der Waals surface area contributed by atoms with E-state index in [-0.39, 0.29) is 5.91 Å². The smallest absolute Gasteiger partial charge is 0.272 e. The number of hydrogen-bond donors (Lipinski definition) is 1. The Kier molecular flexibility index (Phi) is 4.48. The van der Waals surface area contributed by atoms with Crippen LogP contribution in [0.4, 0.5) is 0 Å². The first-order chi connectivity index (χ1) is 9.60. The monoisotopic (exact) mass is 269 g/mol. The minimum absolute atomic E-state index is 0.0879. The number of aromatic nitrogens is 1. The summed E-state index contributed by atoms with van der Waals surface area (Å²) < 4.78 is 0. The van der Waals surface area contributed by atoms with Crippen molar-refractivity contribution in [3.05, 3.63) is 65.0 Å². The molecular weight excluding hydrogens is 250 g/mol. The number of aryl methyl sites for hydroxylation is 1. The van der Waals surface area contributed by atoms with Gasteiger partial charge >= 0.3 is 0 Å². The zero-order chi connectivity index (χ0) is 14.5. The van der Waals surface area contributed by atoms with Crippen molar-refractivity contribution in [1.82, 2.24) is 9.88 Å². The van der Waals surface area contributed by atoms with Crippen LogP contribution in [0.25, 0.3) is 0 Å². The van der Waals surface area contributed by atoms with Gasteiger partial charge in [0.1, 0.15) is 5.69 Å². The Morgan fingerprint density at radius 2 is 2.05 bits per heavy atom. The van der Waals surface area contributed by atoms with Crippen LogP contribution >= 0.6 is 0 Å². The van der Waals surface area contributed by atoms with Crippen molar-refractivity contribution < 1.29 is 4.79 Å². The van der Waals surface area contributed by atoms with E-state index < -0.39 is 0 Å². The lowest BCUT2D eigenvalue weighted by Gasteiger charge is -2.17. The Hall–Kier alpha value is -2.20. The molecule has 0 saturated carbocycles. The molecule has 0 aliphatic heterocycles. The van der Waals surface area contributed by atoms with Crippen molar-refractivity contribution in [2.75, 3.05) is 7.05 Å². The maximum absolute atomic E-state index is 12.3. The molecule has 0 spiro atoms. The Morgan fingerprint density at radius 1 is 1.25 bits per heavy atom. The molecule has 0 atom stereocenters. The highest BCUT2D eigenvalue weighted by Crippen LogP contribution is 2.09. The van der Waals surface area contributed by atoms with Gasteiger partial charge in [-0.15, -0.1) is 0 Å². The molecule has 0 radical (unpaired) electrons. The van der Waals surface area contributed by atoms with Crippen molar-refractivity contribution in [2.24, 2.45) is 5.73 Å². The number of benzene rings is 1. The van der Waals surface area contributed by atoms with Crippen LogP contribution in [0, 0.1) is 6.92 Å². The van der Waals surface area contributed by atoms with Gasteiger partial charge in [0.15, 0.2) is 0 Å². The molecular formula is C16H19N3O. The van der Waals surface area contributed by atoms with Crippen molar-refractivity contribution in [2.45, 2.75) is 20.0 Å². The summed E-state index contributed by atoms with van der Waals surface area (Å²) in [6, 6.07) is 11.7. The van der Waals surface area contributed by atoms with E-state index >= 15 is 0 Å². The van der Waals surface area contributed by atoms with Crippen LogP contribution in [0.2, 0.25) is 0 Å². The van der Waals surface area contributed by atoms with Crippen LogP contribution < -0.4 is 5.73 Å². The number of rotatable bonds is 4. The zero-order valence-electron chi connectivity index (χ0n) is 11.8. The molecule has 2 rings (SSSR count). The van der Waals surface area contributed by atoms with Gasteiger partial charge in [-0.05, 0) is 24.1 Å². The fourth-order valence-electron chi connectivity index (χ4n) is 2.02. The fraction of sp³-hybridized carbons (Fsp3) is 0.250. The number of amides is 1. The van der Waals surface area contributed by atoms with Crippen molar-refractivity contribution in [3.8, 4) is 0 Å². The van der Waals surface area contributed by atoms with Crippen LogP contribution in [0.3, 0.4) is 0 Å². The lowest BCUT2D eigenvalue weighted by molar-refractivity contribution is 0.0779. The van der Waals surface area contributed by atoms with Gasteiger partial charge in [-0.25, -0.2) is 0 Å². The summed E-state index contributed by atoms with van der Waals surface area (Å²) in [5.74, 6) is -0.0879. The molecule has 104 valence electrons. The second-order valence-corrected chi connectivity index (χ2v) is 4.91. The molecule has 0 bridgehead atoms. The third kappa shape index (κ3) is 3.42. The summed E-state index contributed by atoms with van der Waals surface area (Å²) in [4.78, 5) is 18.1. The van der Waals surface area contributed by atoms with Gasteiger partial charge in [-0.1, -0.05) is 35.9 Å². The van der Waals surface area contributed by atoms with Gasteiger partial charge in [0, 0.05) is 26.3 Å². The summed E-state index contributed by atoms with van der Waals surface area (Å²) in [6.07, 6.45) is 1.65. The summed E-state index contributed by atoms with van der Waals surface area (Å²) in [6.45, 7) is 3.04. The van der Waals surface area contributed by atoms with Crippen molar-refractivity contribution >= 4 is 5.91 Å². The first-order valence-corrected chi connectivity index (χ1v) is 6.56. The fourth-order valence-corrected chi connectivity index (χ4v) is 2.02. The maximum Gasteiger partial charge on any atom is 0.272 e. The zero-order valence-corrected chi connectivity index (χ0v) is 11.8. The molecule has 1 aromatic carbocycles. The molecule has 0 saturated heterocycles. The number of carbonyl (C=O) groups excluding carboxylic acids is 1. The lowest BCUT2D eigenvalue weighted by atomic mass is 10.1. The van der Waals surface area contributed by atoms with Gasteiger partial charge in [0.2, 0.25) is 0 Å². The molecule has 2 aromatic rings. The molecule has 1 aromatic heterocycles. The number of nitrogens with zero attached hydrogens (tertiary/aromatic N) is 2. The number of carbonyl (C=O) groups is 1. The quantitative estimate of drug-likeness (QED) is 0.925. The summed E-state index contributed by atoms with van der Waals surface area (Å²) in [7, 11) is 1.78. The Morgan fingerprint density at radius 3 is 2.65 bits per heavy atom. The van der Waals surface area contributed by atoms with Crippen LogP contribution in [-0.4, -0.2) is 22.8 Å². The largest absolute Gasteiger partial charge is 0.336 e. The third-order valence-electron chi connectivity index (χ3n) is 3.13. The molecule has 20 heavy (non-hydrogen) atoms.